The highest BCUT2D eigenvalue weighted by Gasteiger charge is 2.14. The summed E-state index contributed by atoms with van der Waals surface area (Å²) in [5, 5.41) is 23.4. The average molecular weight is 372 g/mol. The second-order valence-electron chi connectivity index (χ2n) is 6.39. The Bertz CT molecular complexity index is 1070. The van der Waals surface area contributed by atoms with Crippen molar-refractivity contribution in [2.24, 2.45) is 0 Å². The highest BCUT2D eigenvalue weighted by molar-refractivity contribution is 5.71. The Morgan fingerprint density at radius 3 is 2.25 bits per heavy atom. The van der Waals surface area contributed by atoms with Crippen LogP contribution in [-0.4, -0.2) is 27.1 Å². The van der Waals surface area contributed by atoms with Gasteiger partial charge in [0.25, 0.3) is 0 Å². The Morgan fingerprint density at radius 1 is 0.821 bits per heavy atom. The minimum absolute atomic E-state index is 0.444. The smallest absolute Gasteiger partial charge is 0.178 e. The van der Waals surface area contributed by atoms with E-state index in [0.717, 1.165) is 34.0 Å². The SMILES string of the molecule is COc1cccc(-c2cc(-c3ccc(C(O)O)cc3)nn2-c2ccccc2)c1. The van der Waals surface area contributed by atoms with Crippen molar-refractivity contribution in [3.8, 4) is 34.0 Å². The molecule has 5 nitrogen and oxygen atoms in total. The summed E-state index contributed by atoms with van der Waals surface area (Å²) in [4.78, 5) is 0. The number of aliphatic hydroxyl groups excluding tert-OH is 1. The fourth-order valence-corrected chi connectivity index (χ4v) is 3.10. The van der Waals surface area contributed by atoms with Gasteiger partial charge in [0.15, 0.2) is 6.29 Å². The maximum atomic E-state index is 9.30. The fourth-order valence-electron chi connectivity index (χ4n) is 3.10. The zero-order chi connectivity index (χ0) is 19.5. The molecule has 0 amide bonds. The average Bonchev–Trinajstić information content (AvgIpc) is 3.20. The van der Waals surface area contributed by atoms with Crippen molar-refractivity contribution < 1.29 is 14.9 Å². The van der Waals surface area contributed by atoms with Crippen LogP contribution in [0.3, 0.4) is 0 Å². The number of benzene rings is 3. The van der Waals surface area contributed by atoms with Gasteiger partial charge in [-0.2, -0.15) is 5.10 Å². The van der Waals surface area contributed by atoms with Gasteiger partial charge in [-0.05, 0) is 30.3 Å². The molecule has 4 aromatic rings. The molecule has 0 atom stereocenters. The monoisotopic (exact) mass is 372 g/mol. The first kappa shape index (κ1) is 18.0. The van der Waals surface area contributed by atoms with E-state index in [1.807, 2.05) is 77.5 Å². The lowest BCUT2D eigenvalue weighted by Crippen LogP contribution is -1.99. The zero-order valence-corrected chi connectivity index (χ0v) is 15.4. The summed E-state index contributed by atoms with van der Waals surface area (Å²) in [5.74, 6) is 0.779. The van der Waals surface area contributed by atoms with Crippen LogP contribution < -0.4 is 4.74 Å². The summed E-state index contributed by atoms with van der Waals surface area (Å²) in [6.45, 7) is 0. The van der Waals surface area contributed by atoms with Crippen molar-refractivity contribution in [1.29, 1.82) is 0 Å². The number of methoxy groups -OCH3 is 1. The van der Waals surface area contributed by atoms with E-state index in [9.17, 15) is 10.2 Å². The largest absolute Gasteiger partial charge is 0.497 e. The number of para-hydroxylation sites is 1. The highest BCUT2D eigenvalue weighted by Crippen LogP contribution is 2.31. The molecule has 5 heteroatoms. The van der Waals surface area contributed by atoms with Crippen LogP contribution in [0.2, 0.25) is 0 Å². The van der Waals surface area contributed by atoms with Gasteiger partial charge >= 0.3 is 0 Å². The lowest BCUT2D eigenvalue weighted by molar-refractivity contribution is -0.0424. The first-order chi connectivity index (χ1) is 13.7. The molecule has 0 aliphatic heterocycles. The van der Waals surface area contributed by atoms with Crippen LogP contribution in [0.25, 0.3) is 28.2 Å². The molecule has 0 saturated carbocycles. The molecule has 2 N–H and O–H groups in total. The van der Waals surface area contributed by atoms with Crippen LogP contribution in [0.4, 0.5) is 0 Å². The molecule has 0 saturated heterocycles. The van der Waals surface area contributed by atoms with Crippen LogP contribution in [-0.2, 0) is 0 Å². The molecule has 0 spiro atoms. The van der Waals surface area contributed by atoms with Crippen LogP contribution in [0.1, 0.15) is 11.9 Å². The molecule has 0 fully saturated rings. The van der Waals surface area contributed by atoms with E-state index in [4.69, 9.17) is 9.84 Å². The molecule has 1 aromatic heterocycles. The number of aromatic nitrogens is 2. The second kappa shape index (κ2) is 7.68. The molecule has 4 rings (SSSR count). The molecule has 0 aliphatic carbocycles. The van der Waals surface area contributed by atoms with Gasteiger partial charge in [0.1, 0.15) is 5.75 Å². The Kier molecular flexibility index (Phi) is 4.93. The van der Waals surface area contributed by atoms with Crippen LogP contribution >= 0.6 is 0 Å². The molecule has 0 aliphatic rings. The lowest BCUT2D eigenvalue weighted by Gasteiger charge is -2.08. The summed E-state index contributed by atoms with van der Waals surface area (Å²) in [6, 6.07) is 26.9. The quantitative estimate of drug-likeness (QED) is 0.515. The number of ether oxygens (including phenoxy) is 1. The number of rotatable bonds is 5. The zero-order valence-electron chi connectivity index (χ0n) is 15.4. The van der Waals surface area contributed by atoms with Crippen molar-refractivity contribution in [2.75, 3.05) is 7.11 Å². The van der Waals surface area contributed by atoms with Crippen molar-refractivity contribution in [1.82, 2.24) is 9.78 Å². The van der Waals surface area contributed by atoms with Gasteiger partial charge in [-0.25, -0.2) is 4.68 Å². The molecular weight excluding hydrogens is 352 g/mol. The van der Waals surface area contributed by atoms with E-state index in [1.165, 1.54) is 0 Å². The first-order valence-corrected chi connectivity index (χ1v) is 8.92. The topological polar surface area (TPSA) is 67.5 Å². The number of aliphatic hydroxyl groups is 2. The predicted octanol–water partition coefficient (Wildman–Crippen LogP) is 4.20. The maximum absolute atomic E-state index is 9.30. The molecule has 0 bridgehead atoms. The normalized spacial score (nSPS) is 11.0. The maximum Gasteiger partial charge on any atom is 0.178 e. The van der Waals surface area contributed by atoms with Gasteiger partial charge in [0.2, 0.25) is 0 Å². The second-order valence-corrected chi connectivity index (χ2v) is 6.39. The van der Waals surface area contributed by atoms with Crippen LogP contribution in [0.15, 0.2) is 84.9 Å². The third kappa shape index (κ3) is 3.53. The van der Waals surface area contributed by atoms with Gasteiger partial charge in [-0.1, -0.05) is 54.6 Å². The summed E-state index contributed by atoms with van der Waals surface area (Å²) in [7, 11) is 1.65. The highest BCUT2D eigenvalue weighted by atomic mass is 16.5. The van der Waals surface area contributed by atoms with Crippen LogP contribution in [0.5, 0.6) is 5.75 Å². The molecule has 28 heavy (non-hydrogen) atoms. The summed E-state index contributed by atoms with van der Waals surface area (Å²) in [6.07, 6.45) is -1.48. The van der Waals surface area contributed by atoms with Crippen molar-refractivity contribution >= 4 is 0 Å². The molecule has 1 heterocycles. The molecule has 0 unspecified atom stereocenters. The molecule has 0 radical (unpaired) electrons. The minimum Gasteiger partial charge on any atom is -0.497 e. The third-order valence-corrected chi connectivity index (χ3v) is 4.58. The van der Waals surface area contributed by atoms with Gasteiger partial charge < -0.3 is 14.9 Å². The summed E-state index contributed by atoms with van der Waals surface area (Å²) >= 11 is 0. The van der Waals surface area contributed by atoms with E-state index in [2.05, 4.69) is 0 Å². The van der Waals surface area contributed by atoms with E-state index in [-0.39, 0.29) is 0 Å². The van der Waals surface area contributed by atoms with Gasteiger partial charge in [-0.15, -0.1) is 0 Å². The standard InChI is InChI=1S/C23H20N2O3/c1-28-20-9-5-6-18(14-20)22-15-21(16-10-12-17(13-11-16)23(26)27)24-25(22)19-7-3-2-4-8-19/h2-15,23,26-27H,1H3. The Balaban J connectivity index is 1.84. The Hall–Kier alpha value is -3.41. The lowest BCUT2D eigenvalue weighted by atomic mass is 10.1. The van der Waals surface area contributed by atoms with Crippen LogP contribution in [0, 0.1) is 0 Å². The van der Waals surface area contributed by atoms with Gasteiger partial charge in [-0.3, -0.25) is 0 Å². The third-order valence-electron chi connectivity index (χ3n) is 4.58. The van der Waals surface area contributed by atoms with Crippen molar-refractivity contribution in [3.05, 3.63) is 90.5 Å². The Labute approximate surface area is 163 Å². The molecular formula is C23H20N2O3. The first-order valence-electron chi connectivity index (χ1n) is 8.92. The Morgan fingerprint density at radius 2 is 1.57 bits per heavy atom. The van der Waals surface area contributed by atoms with E-state index in [1.54, 1.807) is 19.2 Å². The number of hydrogen-bond acceptors (Lipinski definition) is 4. The number of hydrogen-bond donors (Lipinski definition) is 2. The number of nitrogens with zero attached hydrogens (tertiary/aromatic N) is 2. The van der Waals surface area contributed by atoms with E-state index >= 15 is 0 Å². The van der Waals surface area contributed by atoms with E-state index < -0.39 is 6.29 Å². The summed E-state index contributed by atoms with van der Waals surface area (Å²) in [5.41, 5.74) is 5.01. The van der Waals surface area contributed by atoms with Gasteiger partial charge in [0, 0.05) is 16.7 Å². The predicted molar refractivity (Wildman–Crippen MR) is 108 cm³/mol. The summed E-state index contributed by atoms with van der Waals surface area (Å²) < 4.78 is 7.27. The fraction of sp³-hybridized carbons (Fsp3) is 0.0870. The van der Waals surface area contributed by atoms with E-state index in [0.29, 0.717) is 5.56 Å². The van der Waals surface area contributed by atoms with Gasteiger partial charge in [0.05, 0.1) is 24.2 Å². The van der Waals surface area contributed by atoms with Crippen molar-refractivity contribution in [2.45, 2.75) is 6.29 Å². The molecule has 3 aromatic carbocycles. The van der Waals surface area contributed by atoms with Crippen molar-refractivity contribution in [3.63, 3.8) is 0 Å². The molecule has 140 valence electrons. The minimum atomic E-state index is -1.48.